The number of benzene rings is 1. The molecule has 0 aliphatic heterocycles. The summed E-state index contributed by atoms with van der Waals surface area (Å²) in [4.78, 5) is 0. The highest BCUT2D eigenvalue weighted by Gasteiger charge is 2.24. The summed E-state index contributed by atoms with van der Waals surface area (Å²) < 4.78 is 5.76. The predicted octanol–water partition coefficient (Wildman–Crippen LogP) is 2.66. The molecule has 0 amide bonds. The molecule has 0 spiro atoms. The summed E-state index contributed by atoms with van der Waals surface area (Å²) in [5.41, 5.74) is 1.24. The Labute approximate surface area is 116 Å². The van der Waals surface area contributed by atoms with Crippen molar-refractivity contribution in [2.24, 2.45) is 0 Å². The van der Waals surface area contributed by atoms with Gasteiger partial charge in [0.05, 0.1) is 6.10 Å². The number of nitrogens with one attached hydrogen (secondary N) is 1. The topological polar surface area (TPSA) is 41.5 Å². The number of hydrogen-bond acceptors (Lipinski definition) is 3. The minimum atomic E-state index is -0.199. The van der Waals surface area contributed by atoms with Gasteiger partial charge in [-0.1, -0.05) is 30.5 Å². The van der Waals surface area contributed by atoms with Crippen LogP contribution in [0.4, 0.5) is 0 Å². The number of hydrogen-bond donors (Lipinski definition) is 2. The fourth-order valence-electron chi connectivity index (χ4n) is 2.57. The van der Waals surface area contributed by atoms with E-state index in [1.165, 1.54) is 12.0 Å². The van der Waals surface area contributed by atoms with Gasteiger partial charge in [-0.2, -0.15) is 0 Å². The van der Waals surface area contributed by atoms with Gasteiger partial charge in [-0.05, 0) is 38.8 Å². The molecule has 0 heterocycles. The first-order valence-electron chi connectivity index (χ1n) is 7.29. The van der Waals surface area contributed by atoms with E-state index >= 15 is 0 Å². The normalized spacial score (nSPS) is 25.0. The van der Waals surface area contributed by atoms with Crippen molar-refractivity contribution in [3.8, 4) is 5.75 Å². The average molecular weight is 263 g/mol. The molecule has 1 aromatic carbocycles. The Balaban J connectivity index is 1.74. The van der Waals surface area contributed by atoms with E-state index in [2.05, 4.69) is 31.3 Å². The Bertz CT molecular complexity index is 377. The van der Waals surface area contributed by atoms with Gasteiger partial charge in [-0.3, -0.25) is 0 Å². The van der Waals surface area contributed by atoms with Gasteiger partial charge in [-0.15, -0.1) is 0 Å². The van der Waals surface area contributed by atoms with Gasteiger partial charge in [0.25, 0.3) is 0 Å². The lowest BCUT2D eigenvalue weighted by atomic mass is 9.92. The lowest BCUT2D eigenvalue weighted by Gasteiger charge is -2.31. The van der Waals surface area contributed by atoms with Crippen LogP contribution in [0.15, 0.2) is 24.3 Å². The highest BCUT2D eigenvalue weighted by Crippen LogP contribution is 2.19. The summed E-state index contributed by atoms with van der Waals surface area (Å²) in [6.45, 7) is 4.81. The van der Waals surface area contributed by atoms with Gasteiger partial charge in [0.2, 0.25) is 0 Å². The molecule has 1 fully saturated rings. The molecule has 2 N–H and O–H groups in total. The van der Waals surface area contributed by atoms with E-state index < -0.39 is 0 Å². The maximum Gasteiger partial charge on any atom is 0.119 e. The lowest BCUT2D eigenvalue weighted by molar-refractivity contribution is 0.0816. The van der Waals surface area contributed by atoms with Crippen LogP contribution in [0.2, 0.25) is 0 Å². The zero-order chi connectivity index (χ0) is 13.7. The molecule has 0 aromatic heterocycles. The van der Waals surface area contributed by atoms with E-state index in [4.69, 9.17) is 4.74 Å². The van der Waals surface area contributed by atoms with Crippen LogP contribution in [-0.2, 0) is 0 Å². The number of aliphatic hydroxyl groups excluding tert-OH is 1. The van der Waals surface area contributed by atoms with Crippen molar-refractivity contribution in [1.29, 1.82) is 0 Å². The van der Waals surface area contributed by atoms with Crippen LogP contribution in [0.25, 0.3) is 0 Å². The second-order valence-electron chi connectivity index (χ2n) is 5.65. The molecule has 0 bridgehead atoms. The zero-order valence-corrected chi connectivity index (χ0v) is 11.9. The highest BCUT2D eigenvalue weighted by atomic mass is 16.5. The first-order chi connectivity index (χ1) is 9.15. The fraction of sp³-hybridized carbons (Fsp3) is 0.625. The SMILES string of the molecule is Cc1ccc(OCC(C)NC2CCCCC2O)cc1. The average Bonchev–Trinajstić information content (AvgIpc) is 2.41. The van der Waals surface area contributed by atoms with E-state index in [-0.39, 0.29) is 18.2 Å². The molecule has 1 aromatic rings. The standard InChI is InChI=1S/C16H25NO2/c1-12-7-9-14(10-8-12)19-11-13(2)17-15-5-3-4-6-16(15)18/h7-10,13,15-18H,3-6,11H2,1-2H3. The van der Waals surface area contributed by atoms with E-state index in [1.807, 2.05) is 12.1 Å². The molecule has 0 radical (unpaired) electrons. The molecule has 1 aliphatic carbocycles. The van der Waals surface area contributed by atoms with Crippen molar-refractivity contribution in [1.82, 2.24) is 5.32 Å². The molecule has 0 saturated heterocycles. The van der Waals surface area contributed by atoms with E-state index in [1.54, 1.807) is 0 Å². The van der Waals surface area contributed by atoms with Crippen molar-refractivity contribution in [2.45, 2.75) is 57.7 Å². The fourth-order valence-corrected chi connectivity index (χ4v) is 2.57. The van der Waals surface area contributed by atoms with Crippen molar-refractivity contribution in [3.63, 3.8) is 0 Å². The molecule has 3 atom stereocenters. The van der Waals surface area contributed by atoms with Gasteiger partial charge >= 0.3 is 0 Å². The molecule has 3 heteroatoms. The Kier molecular flexibility index (Phi) is 5.23. The molecule has 3 nitrogen and oxygen atoms in total. The number of aryl methyl sites for hydroxylation is 1. The molecule has 1 aliphatic rings. The maximum atomic E-state index is 9.93. The van der Waals surface area contributed by atoms with Crippen LogP contribution in [0.1, 0.15) is 38.2 Å². The van der Waals surface area contributed by atoms with Crippen molar-refractivity contribution >= 4 is 0 Å². The van der Waals surface area contributed by atoms with Gasteiger partial charge < -0.3 is 15.2 Å². The van der Waals surface area contributed by atoms with Gasteiger partial charge in [0.15, 0.2) is 0 Å². The summed E-state index contributed by atoms with van der Waals surface area (Å²) in [5.74, 6) is 0.906. The highest BCUT2D eigenvalue weighted by molar-refractivity contribution is 5.26. The van der Waals surface area contributed by atoms with Crippen LogP contribution in [0, 0.1) is 6.92 Å². The first kappa shape index (κ1) is 14.4. The molecule has 19 heavy (non-hydrogen) atoms. The molecule has 3 unspecified atom stereocenters. The third-order valence-corrected chi connectivity index (χ3v) is 3.75. The second kappa shape index (κ2) is 6.92. The van der Waals surface area contributed by atoms with Crippen LogP contribution in [0.3, 0.4) is 0 Å². The Hall–Kier alpha value is -1.06. The Morgan fingerprint density at radius 3 is 2.63 bits per heavy atom. The minimum Gasteiger partial charge on any atom is -0.492 e. The number of ether oxygens (including phenoxy) is 1. The summed E-state index contributed by atoms with van der Waals surface area (Å²) in [6, 6.07) is 8.58. The van der Waals surface area contributed by atoms with E-state index in [0.29, 0.717) is 6.61 Å². The Morgan fingerprint density at radius 2 is 1.95 bits per heavy atom. The summed E-state index contributed by atoms with van der Waals surface area (Å²) in [5, 5.41) is 13.4. The largest absolute Gasteiger partial charge is 0.492 e. The summed E-state index contributed by atoms with van der Waals surface area (Å²) >= 11 is 0. The molecule has 1 saturated carbocycles. The zero-order valence-electron chi connectivity index (χ0n) is 11.9. The van der Waals surface area contributed by atoms with E-state index in [9.17, 15) is 5.11 Å². The Morgan fingerprint density at radius 1 is 1.26 bits per heavy atom. The summed E-state index contributed by atoms with van der Waals surface area (Å²) in [6.07, 6.45) is 4.14. The molecule has 2 rings (SSSR count). The monoisotopic (exact) mass is 263 g/mol. The third kappa shape index (κ3) is 4.51. The molecule has 106 valence electrons. The second-order valence-corrected chi connectivity index (χ2v) is 5.65. The summed E-state index contributed by atoms with van der Waals surface area (Å²) in [7, 11) is 0. The minimum absolute atomic E-state index is 0.199. The molecular weight excluding hydrogens is 238 g/mol. The van der Waals surface area contributed by atoms with Crippen LogP contribution in [-0.4, -0.2) is 29.9 Å². The van der Waals surface area contributed by atoms with Crippen LogP contribution in [0.5, 0.6) is 5.75 Å². The quantitative estimate of drug-likeness (QED) is 0.858. The van der Waals surface area contributed by atoms with Gasteiger partial charge in [0, 0.05) is 12.1 Å². The number of aliphatic hydroxyl groups is 1. The first-order valence-corrected chi connectivity index (χ1v) is 7.29. The lowest BCUT2D eigenvalue weighted by Crippen LogP contribution is -2.47. The van der Waals surface area contributed by atoms with Crippen LogP contribution < -0.4 is 10.1 Å². The van der Waals surface area contributed by atoms with E-state index in [0.717, 1.165) is 25.0 Å². The predicted molar refractivity (Wildman–Crippen MR) is 77.5 cm³/mol. The van der Waals surface area contributed by atoms with Crippen LogP contribution >= 0.6 is 0 Å². The number of rotatable bonds is 5. The van der Waals surface area contributed by atoms with Crippen molar-refractivity contribution < 1.29 is 9.84 Å². The smallest absolute Gasteiger partial charge is 0.119 e. The van der Waals surface area contributed by atoms with Crippen molar-refractivity contribution in [3.05, 3.63) is 29.8 Å². The maximum absolute atomic E-state index is 9.93. The third-order valence-electron chi connectivity index (χ3n) is 3.75. The molecular formula is C16H25NO2. The van der Waals surface area contributed by atoms with Gasteiger partial charge in [-0.25, -0.2) is 0 Å². The van der Waals surface area contributed by atoms with Gasteiger partial charge in [0.1, 0.15) is 12.4 Å². The van der Waals surface area contributed by atoms with Crippen molar-refractivity contribution in [2.75, 3.05) is 6.61 Å².